The van der Waals surface area contributed by atoms with Crippen molar-refractivity contribution in [1.82, 2.24) is 4.98 Å². The molecule has 0 aliphatic rings. The summed E-state index contributed by atoms with van der Waals surface area (Å²) in [5.74, 6) is 0. The second-order valence-electron chi connectivity index (χ2n) is 4.08. The largest absolute Gasteiger partial charge is 0.377 e. The van der Waals surface area contributed by atoms with Gasteiger partial charge in [0.2, 0.25) is 0 Å². The van der Waals surface area contributed by atoms with Crippen LogP contribution in [-0.4, -0.2) is 9.91 Å². The van der Waals surface area contributed by atoms with Gasteiger partial charge in [-0.1, -0.05) is 11.6 Å². The van der Waals surface area contributed by atoms with E-state index >= 15 is 0 Å². The van der Waals surface area contributed by atoms with Gasteiger partial charge in [0.25, 0.3) is 5.69 Å². The first-order chi connectivity index (χ1) is 8.97. The lowest BCUT2D eigenvalue weighted by Gasteiger charge is -2.13. The standard InChI is InChI=1S/C12H12ClN3O2S/c1-7(11-6-19-8(2)15-11)14-9-3-4-12(16(17)18)10(13)5-9/h3-7,14H,1-2H3. The van der Waals surface area contributed by atoms with Crippen LogP contribution in [0.3, 0.4) is 0 Å². The van der Waals surface area contributed by atoms with E-state index in [2.05, 4.69) is 10.3 Å². The molecule has 0 saturated carbocycles. The molecule has 0 radical (unpaired) electrons. The molecule has 1 unspecified atom stereocenters. The number of hydrogen-bond donors (Lipinski definition) is 1. The summed E-state index contributed by atoms with van der Waals surface area (Å²) in [6.07, 6.45) is 0. The molecule has 0 aliphatic carbocycles. The fourth-order valence-electron chi connectivity index (χ4n) is 1.65. The molecule has 0 fully saturated rings. The first-order valence-corrected chi connectivity index (χ1v) is 6.85. The van der Waals surface area contributed by atoms with E-state index < -0.39 is 4.92 Å². The number of nitro groups is 1. The number of aryl methyl sites for hydroxylation is 1. The molecule has 7 heteroatoms. The number of halogens is 1. The van der Waals surface area contributed by atoms with Gasteiger partial charge < -0.3 is 5.32 Å². The average molecular weight is 298 g/mol. The highest BCUT2D eigenvalue weighted by molar-refractivity contribution is 7.09. The molecule has 0 saturated heterocycles. The molecule has 5 nitrogen and oxygen atoms in total. The Bertz CT molecular complexity index is 615. The quantitative estimate of drug-likeness (QED) is 0.679. The van der Waals surface area contributed by atoms with Crippen LogP contribution in [-0.2, 0) is 0 Å². The van der Waals surface area contributed by atoms with Crippen molar-refractivity contribution in [2.24, 2.45) is 0 Å². The number of hydrogen-bond acceptors (Lipinski definition) is 5. The van der Waals surface area contributed by atoms with Gasteiger partial charge in [-0.25, -0.2) is 4.98 Å². The molecule has 1 aromatic carbocycles. The van der Waals surface area contributed by atoms with E-state index in [0.29, 0.717) is 0 Å². The Balaban J connectivity index is 2.15. The number of nitrogens with one attached hydrogen (secondary N) is 1. The van der Waals surface area contributed by atoms with Gasteiger partial charge >= 0.3 is 0 Å². The average Bonchev–Trinajstić information content (AvgIpc) is 2.75. The molecule has 2 aromatic rings. The van der Waals surface area contributed by atoms with Crippen molar-refractivity contribution < 1.29 is 4.92 Å². The van der Waals surface area contributed by atoms with Gasteiger partial charge in [0.15, 0.2) is 0 Å². The number of thiazole rings is 1. The minimum atomic E-state index is -0.501. The molecule has 1 aromatic heterocycles. The number of benzene rings is 1. The van der Waals surface area contributed by atoms with Crippen LogP contribution in [0.2, 0.25) is 5.02 Å². The molecule has 1 heterocycles. The van der Waals surface area contributed by atoms with Gasteiger partial charge in [-0.15, -0.1) is 11.3 Å². The highest BCUT2D eigenvalue weighted by atomic mass is 35.5. The van der Waals surface area contributed by atoms with Gasteiger partial charge in [0, 0.05) is 17.1 Å². The first kappa shape index (κ1) is 13.8. The lowest BCUT2D eigenvalue weighted by molar-refractivity contribution is -0.384. The zero-order valence-corrected chi connectivity index (χ0v) is 12.0. The van der Waals surface area contributed by atoms with Gasteiger partial charge in [0.1, 0.15) is 5.02 Å². The summed E-state index contributed by atoms with van der Waals surface area (Å²) in [5.41, 5.74) is 1.58. The maximum Gasteiger partial charge on any atom is 0.288 e. The zero-order valence-electron chi connectivity index (χ0n) is 10.4. The van der Waals surface area contributed by atoms with Crippen LogP contribution in [0.1, 0.15) is 23.7 Å². The van der Waals surface area contributed by atoms with Crippen LogP contribution >= 0.6 is 22.9 Å². The predicted octanol–water partition coefficient (Wildman–Crippen LogP) is 4.19. The highest BCUT2D eigenvalue weighted by Crippen LogP contribution is 2.29. The molecular formula is C12H12ClN3O2S. The van der Waals surface area contributed by atoms with E-state index in [0.717, 1.165) is 16.4 Å². The number of anilines is 1. The van der Waals surface area contributed by atoms with Crippen LogP contribution in [0.15, 0.2) is 23.6 Å². The van der Waals surface area contributed by atoms with Crippen molar-refractivity contribution in [2.75, 3.05) is 5.32 Å². The van der Waals surface area contributed by atoms with E-state index in [9.17, 15) is 10.1 Å². The molecule has 100 valence electrons. The fraction of sp³-hybridized carbons (Fsp3) is 0.250. The van der Waals surface area contributed by atoms with Crippen molar-refractivity contribution in [2.45, 2.75) is 19.9 Å². The molecule has 1 atom stereocenters. The summed E-state index contributed by atoms with van der Waals surface area (Å²) in [7, 11) is 0. The van der Waals surface area contributed by atoms with Crippen molar-refractivity contribution in [3.63, 3.8) is 0 Å². The van der Waals surface area contributed by atoms with Crippen molar-refractivity contribution in [1.29, 1.82) is 0 Å². The maximum atomic E-state index is 10.7. The van der Waals surface area contributed by atoms with E-state index in [1.54, 1.807) is 23.5 Å². The smallest absolute Gasteiger partial charge is 0.288 e. The number of aromatic nitrogens is 1. The molecule has 2 rings (SSSR count). The van der Waals surface area contributed by atoms with Crippen LogP contribution in [0.5, 0.6) is 0 Å². The summed E-state index contributed by atoms with van der Waals surface area (Å²) in [6.45, 7) is 3.92. The van der Waals surface area contributed by atoms with E-state index in [4.69, 9.17) is 11.6 Å². The highest BCUT2D eigenvalue weighted by Gasteiger charge is 2.14. The summed E-state index contributed by atoms with van der Waals surface area (Å²) in [4.78, 5) is 14.6. The van der Waals surface area contributed by atoms with Gasteiger partial charge in [-0.3, -0.25) is 10.1 Å². The summed E-state index contributed by atoms with van der Waals surface area (Å²) < 4.78 is 0. The number of nitrogens with zero attached hydrogens (tertiary/aromatic N) is 2. The third-order valence-corrected chi connectivity index (χ3v) is 3.70. The maximum absolute atomic E-state index is 10.7. The molecule has 0 amide bonds. The molecular weight excluding hydrogens is 286 g/mol. The van der Waals surface area contributed by atoms with E-state index in [1.165, 1.54) is 6.07 Å². The molecule has 0 spiro atoms. The van der Waals surface area contributed by atoms with Crippen LogP contribution < -0.4 is 5.32 Å². The predicted molar refractivity (Wildman–Crippen MR) is 77.0 cm³/mol. The monoisotopic (exact) mass is 297 g/mol. The Hall–Kier alpha value is -1.66. The lowest BCUT2D eigenvalue weighted by Crippen LogP contribution is -2.07. The van der Waals surface area contributed by atoms with Gasteiger partial charge in [-0.2, -0.15) is 0 Å². The molecule has 0 bridgehead atoms. The second-order valence-corrected chi connectivity index (χ2v) is 5.55. The van der Waals surface area contributed by atoms with Gasteiger partial charge in [-0.05, 0) is 26.0 Å². The summed E-state index contributed by atoms with van der Waals surface area (Å²) in [6, 6.07) is 4.60. The summed E-state index contributed by atoms with van der Waals surface area (Å²) in [5, 5.41) is 17.0. The fourth-order valence-corrected chi connectivity index (χ4v) is 2.60. The Morgan fingerprint density at radius 2 is 2.26 bits per heavy atom. The minimum absolute atomic E-state index is 0.0162. The topological polar surface area (TPSA) is 68.1 Å². The lowest BCUT2D eigenvalue weighted by atomic mass is 10.2. The van der Waals surface area contributed by atoms with Crippen LogP contribution in [0.4, 0.5) is 11.4 Å². The van der Waals surface area contributed by atoms with Crippen molar-refractivity contribution in [3.8, 4) is 0 Å². The Morgan fingerprint density at radius 1 is 1.53 bits per heavy atom. The molecule has 0 aliphatic heterocycles. The second kappa shape index (κ2) is 5.54. The number of nitro benzene ring substituents is 1. The zero-order chi connectivity index (χ0) is 14.0. The Morgan fingerprint density at radius 3 is 2.79 bits per heavy atom. The Kier molecular flexibility index (Phi) is 4.01. The third kappa shape index (κ3) is 3.21. The van der Waals surface area contributed by atoms with Crippen LogP contribution in [0, 0.1) is 17.0 Å². The normalized spacial score (nSPS) is 12.2. The number of rotatable bonds is 4. The minimum Gasteiger partial charge on any atom is -0.377 e. The van der Waals surface area contributed by atoms with E-state index in [-0.39, 0.29) is 16.8 Å². The Labute approximate surface area is 119 Å². The van der Waals surface area contributed by atoms with Crippen molar-refractivity contribution in [3.05, 3.63) is 49.4 Å². The third-order valence-electron chi connectivity index (χ3n) is 2.61. The molecule has 1 N–H and O–H groups in total. The van der Waals surface area contributed by atoms with Crippen molar-refractivity contribution >= 4 is 34.3 Å². The van der Waals surface area contributed by atoms with Crippen LogP contribution in [0.25, 0.3) is 0 Å². The molecule has 19 heavy (non-hydrogen) atoms. The SMILES string of the molecule is Cc1nc(C(C)Nc2ccc([N+](=O)[O-])c(Cl)c2)cs1. The summed E-state index contributed by atoms with van der Waals surface area (Å²) >= 11 is 7.45. The van der Waals surface area contributed by atoms with Gasteiger partial charge in [0.05, 0.1) is 21.7 Å². The van der Waals surface area contributed by atoms with E-state index in [1.807, 2.05) is 19.2 Å². The first-order valence-electron chi connectivity index (χ1n) is 5.60.